The Morgan fingerprint density at radius 3 is 2.33 bits per heavy atom. The number of benzene rings is 3. The van der Waals surface area contributed by atoms with Gasteiger partial charge in [-0.1, -0.05) is 42.5 Å². The van der Waals surface area contributed by atoms with Gasteiger partial charge in [-0.25, -0.2) is 8.42 Å². The third-order valence-electron chi connectivity index (χ3n) is 5.41. The van der Waals surface area contributed by atoms with E-state index in [-0.39, 0.29) is 23.3 Å². The molecule has 0 radical (unpaired) electrons. The highest BCUT2D eigenvalue weighted by Gasteiger charge is 2.21. The quantitative estimate of drug-likeness (QED) is 0.659. The molecule has 3 aromatic carbocycles. The first-order valence-corrected chi connectivity index (χ1v) is 11.5. The van der Waals surface area contributed by atoms with Gasteiger partial charge in [0.2, 0.25) is 5.91 Å². The van der Waals surface area contributed by atoms with Crippen LogP contribution in [0.5, 0.6) is 0 Å². The summed E-state index contributed by atoms with van der Waals surface area (Å²) in [4.78, 5) is 14.4. The van der Waals surface area contributed by atoms with E-state index in [2.05, 4.69) is 4.72 Å². The summed E-state index contributed by atoms with van der Waals surface area (Å²) in [7, 11) is -3.71. The lowest BCUT2D eigenvalue weighted by Gasteiger charge is -2.29. The number of sulfonamides is 1. The van der Waals surface area contributed by atoms with Crippen molar-refractivity contribution in [3.05, 3.63) is 72.3 Å². The summed E-state index contributed by atoms with van der Waals surface area (Å²) in [5.41, 5.74) is 1.26. The van der Waals surface area contributed by atoms with Crippen molar-refractivity contribution < 1.29 is 18.3 Å². The molecule has 1 fully saturated rings. The number of likely N-dealkylation sites (tertiary alicyclic amines) is 1. The molecule has 0 spiro atoms. The van der Waals surface area contributed by atoms with Crippen molar-refractivity contribution in [2.24, 2.45) is 0 Å². The van der Waals surface area contributed by atoms with Gasteiger partial charge in [-0.2, -0.15) is 0 Å². The molecule has 3 aromatic rings. The number of fused-ring (bicyclic) bond motifs is 1. The molecule has 0 saturated carbocycles. The molecule has 1 aliphatic rings. The van der Waals surface area contributed by atoms with Crippen LogP contribution in [0.2, 0.25) is 0 Å². The topological polar surface area (TPSA) is 86.7 Å². The van der Waals surface area contributed by atoms with Crippen LogP contribution in [0.25, 0.3) is 10.8 Å². The van der Waals surface area contributed by atoms with Gasteiger partial charge in [0, 0.05) is 18.8 Å². The van der Waals surface area contributed by atoms with Crippen LogP contribution in [0.4, 0.5) is 5.69 Å². The van der Waals surface area contributed by atoms with E-state index >= 15 is 0 Å². The third kappa shape index (κ3) is 4.63. The Kier molecular flexibility index (Phi) is 5.74. The van der Waals surface area contributed by atoms with Gasteiger partial charge in [0.05, 0.1) is 17.4 Å². The Bertz CT molecular complexity index is 1150. The van der Waals surface area contributed by atoms with Gasteiger partial charge in [0.25, 0.3) is 10.0 Å². The molecule has 4 rings (SSSR count). The molecule has 2 N–H and O–H groups in total. The largest absolute Gasteiger partial charge is 0.393 e. The molecular formula is C23H24N2O4S. The Labute approximate surface area is 176 Å². The number of nitrogens with one attached hydrogen (secondary N) is 1. The zero-order chi connectivity index (χ0) is 21.1. The molecule has 7 heteroatoms. The predicted molar refractivity (Wildman–Crippen MR) is 117 cm³/mol. The Hall–Kier alpha value is -2.90. The van der Waals surface area contributed by atoms with Crippen molar-refractivity contribution in [3.63, 3.8) is 0 Å². The van der Waals surface area contributed by atoms with E-state index in [1.54, 1.807) is 47.4 Å². The van der Waals surface area contributed by atoms with Gasteiger partial charge in [-0.05, 0) is 53.4 Å². The normalized spacial score (nSPS) is 15.3. The number of rotatable bonds is 5. The molecule has 0 atom stereocenters. The van der Waals surface area contributed by atoms with E-state index in [9.17, 15) is 18.3 Å². The standard InChI is InChI=1S/C23H24N2O4S/c26-21-11-13-25(14-12-21)23(27)15-17-5-8-20(9-6-17)24-30(28,29)22-10-7-18-3-1-2-4-19(18)16-22/h1-10,16,21,24,26H,11-15H2. The number of hydrogen-bond donors (Lipinski definition) is 2. The number of piperidine rings is 1. The number of aliphatic hydroxyl groups is 1. The van der Waals surface area contributed by atoms with Crippen molar-refractivity contribution in [3.8, 4) is 0 Å². The summed E-state index contributed by atoms with van der Waals surface area (Å²) in [6.07, 6.45) is 1.17. The molecule has 0 bridgehead atoms. The van der Waals surface area contributed by atoms with E-state index in [1.807, 2.05) is 24.3 Å². The summed E-state index contributed by atoms with van der Waals surface area (Å²) in [6, 6.07) is 19.5. The molecule has 30 heavy (non-hydrogen) atoms. The Morgan fingerprint density at radius 2 is 1.63 bits per heavy atom. The van der Waals surface area contributed by atoms with Crippen LogP contribution in [0.1, 0.15) is 18.4 Å². The van der Waals surface area contributed by atoms with Crippen LogP contribution >= 0.6 is 0 Å². The lowest BCUT2D eigenvalue weighted by Crippen LogP contribution is -2.40. The van der Waals surface area contributed by atoms with Crippen LogP contribution in [0, 0.1) is 0 Å². The van der Waals surface area contributed by atoms with Gasteiger partial charge in [0.1, 0.15) is 0 Å². The lowest BCUT2D eigenvalue weighted by atomic mass is 10.1. The fourth-order valence-electron chi connectivity index (χ4n) is 3.64. The molecule has 0 unspecified atom stereocenters. The van der Waals surface area contributed by atoms with Crippen LogP contribution in [-0.4, -0.2) is 43.5 Å². The first kappa shape index (κ1) is 20.4. The molecular weight excluding hydrogens is 400 g/mol. The molecule has 1 saturated heterocycles. The van der Waals surface area contributed by atoms with Crippen LogP contribution in [-0.2, 0) is 21.2 Å². The summed E-state index contributed by atoms with van der Waals surface area (Å²) < 4.78 is 28.1. The monoisotopic (exact) mass is 424 g/mol. The maximum Gasteiger partial charge on any atom is 0.261 e. The molecule has 0 aliphatic carbocycles. The summed E-state index contributed by atoms with van der Waals surface area (Å²) in [5.74, 6) is 0.0198. The van der Waals surface area contributed by atoms with E-state index in [4.69, 9.17) is 0 Å². The van der Waals surface area contributed by atoms with Gasteiger partial charge in [-0.3, -0.25) is 9.52 Å². The van der Waals surface area contributed by atoms with Gasteiger partial charge < -0.3 is 10.0 Å². The van der Waals surface area contributed by atoms with E-state index in [0.29, 0.717) is 31.6 Å². The minimum Gasteiger partial charge on any atom is -0.393 e. The SMILES string of the molecule is O=C(Cc1ccc(NS(=O)(=O)c2ccc3ccccc3c2)cc1)N1CCC(O)CC1. The number of amides is 1. The van der Waals surface area contributed by atoms with Crippen LogP contribution in [0.15, 0.2) is 71.6 Å². The average molecular weight is 425 g/mol. The van der Waals surface area contributed by atoms with Crippen molar-refractivity contribution in [1.82, 2.24) is 4.90 Å². The predicted octanol–water partition coefficient (Wildman–Crippen LogP) is 3.17. The highest BCUT2D eigenvalue weighted by atomic mass is 32.2. The van der Waals surface area contributed by atoms with Crippen molar-refractivity contribution in [2.75, 3.05) is 17.8 Å². The Balaban J connectivity index is 1.42. The second-order valence-electron chi connectivity index (χ2n) is 7.60. The van der Waals surface area contributed by atoms with Gasteiger partial charge in [-0.15, -0.1) is 0 Å². The summed E-state index contributed by atoms with van der Waals surface area (Å²) >= 11 is 0. The number of anilines is 1. The smallest absolute Gasteiger partial charge is 0.261 e. The molecule has 0 aromatic heterocycles. The zero-order valence-electron chi connectivity index (χ0n) is 16.5. The fourth-order valence-corrected chi connectivity index (χ4v) is 4.73. The maximum absolute atomic E-state index is 12.7. The maximum atomic E-state index is 12.7. The Morgan fingerprint density at radius 1 is 0.967 bits per heavy atom. The lowest BCUT2D eigenvalue weighted by molar-refractivity contribution is -0.132. The van der Waals surface area contributed by atoms with E-state index in [0.717, 1.165) is 16.3 Å². The second kappa shape index (κ2) is 8.45. The second-order valence-corrected chi connectivity index (χ2v) is 9.28. The average Bonchev–Trinajstić information content (AvgIpc) is 2.75. The molecule has 6 nitrogen and oxygen atoms in total. The van der Waals surface area contributed by atoms with E-state index < -0.39 is 10.0 Å². The minimum atomic E-state index is -3.71. The number of nitrogens with zero attached hydrogens (tertiary/aromatic N) is 1. The summed E-state index contributed by atoms with van der Waals surface area (Å²) in [6.45, 7) is 1.15. The number of aliphatic hydroxyl groups excluding tert-OH is 1. The number of carbonyl (C=O) groups is 1. The molecule has 1 aliphatic heterocycles. The molecule has 156 valence electrons. The number of carbonyl (C=O) groups excluding carboxylic acids is 1. The van der Waals surface area contributed by atoms with Crippen LogP contribution in [0.3, 0.4) is 0 Å². The third-order valence-corrected chi connectivity index (χ3v) is 6.79. The van der Waals surface area contributed by atoms with Crippen molar-refractivity contribution in [1.29, 1.82) is 0 Å². The van der Waals surface area contributed by atoms with Crippen molar-refractivity contribution >= 4 is 32.4 Å². The molecule has 1 heterocycles. The van der Waals surface area contributed by atoms with Gasteiger partial charge in [0.15, 0.2) is 0 Å². The summed E-state index contributed by atoms with van der Waals surface area (Å²) in [5, 5.41) is 11.4. The van der Waals surface area contributed by atoms with Crippen LogP contribution < -0.4 is 4.72 Å². The highest BCUT2D eigenvalue weighted by molar-refractivity contribution is 7.92. The number of hydrogen-bond acceptors (Lipinski definition) is 4. The first-order valence-electron chi connectivity index (χ1n) is 9.97. The fraction of sp³-hybridized carbons (Fsp3) is 0.261. The van der Waals surface area contributed by atoms with Crippen molar-refractivity contribution in [2.45, 2.75) is 30.3 Å². The zero-order valence-corrected chi connectivity index (χ0v) is 17.3. The van der Waals surface area contributed by atoms with Gasteiger partial charge >= 0.3 is 0 Å². The molecule has 1 amide bonds. The highest BCUT2D eigenvalue weighted by Crippen LogP contribution is 2.22. The van der Waals surface area contributed by atoms with E-state index in [1.165, 1.54) is 0 Å². The minimum absolute atomic E-state index is 0.0198. The first-order chi connectivity index (χ1) is 14.4.